The summed E-state index contributed by atoms with van der Waals surface area (Å²) in [6.07, 6.45) is -0.163. The molecule has 0 unspecified atom stereocenters. The first kappa shape index (κ1) is 20.3. The van der Waals surface area contributed by atoms with Crippen LogP contribution in [0.15, 0.2) is 83.0 Å². The Morgan fingerprint density at radius 3 is 2.48 bits per heavy atom. The molecule has 1 aliphatic rings. The Labute approximate surface area is 179 Å². The summed E-state index contributed by atoms with van der Waals surface area (Å²) in [5.41, 5.74) is 3.03. The topological polar surface area (TPSA) is 91.6 Å². The van der Waals surface area contributed by atoms with Crippen LogP contribution in [0, 0.1) is 0 Å². The maximum atomic E-state index is 12.9. The predicted octanol–water partition coefficient (Wildman–Crippen LogP) is 4.94. The van der Waals surface area contributed by atoms with Crippen LogP contribution in [-0.2, 0) is 16.0 Å². The molecule has 3 aromatic rings. The number of phenols is 1. The summed E-state index contributed by atoms with van der Waals surface area (Å²) in [5, 5.41) is 17.6. The van der Waals surface area contributed by atoms with E-state index in [-0.39, 0.29) is 17.2 Å². The highest BCUT2D eigenvalue weighted by Gasteiger charge is 2.30. The number of amides is 1. The molecule has 0 saturated carbocycles. The second-order valence-electron chi connectivity index (χ2n) is 7.15. The van der Waals surface area contributed by atoms with E-state index < -0.39 is 12.1 Å². The van der Waals surface area contributed by atoms with Gasteiger partial charge in [0.1, 0.15) is 11.4 Å². The van der Waals surface area contributed by atoms with Gasteiger partial charge in [-0.25, -0.2) is 4.79 Å². The van der Waals surface area contributed by atoms with Gasteiger partial charge in [-0.15, -0.1) is 5.11 Å². The molecule has 0 spiro atoms. The van der Waals surface area contributed by atoms with Gasteiger partial charge in [0, 0.05) is 12.2 Å². The van der Waals surface area contributed by atoms with Gasteiger partial charge in [0.2, 0.25) is 0 Å². The highest BCUT2D eigenvalue weighted by molar-refractivity contribution is 6.01. The molecule has 0 aromatic heterocycles. The van der Waals surface area contributed by atoms with Crippen molar-refractivity contribution in [3.8, 4) is 5.75 Å². The van der Waals surface area contributed by atoms with Gasteiger partial charge in [0.25, 0.3) is 5.91 Å². The Balaban J connectivity index is 1.47. The number of ether oxygens (including phenoxy) is 1. The molecule has 0 aliphatic carbocycles. The molecule has 156 valence electrons. The number of benzene rings is 3. The zero-order chi connectivity index (χ0) is 21.8. The third-order valence-corrected chi connectivity index (χ3v) is 5.03. The molecule has 4 rings (SSSR count). The molecule has 0 bridgehead atoms. The third-order valence-electron chi connectivity index (χ3n) is 5.03. The Bertz CT molecular complexity index is 1140. The van der Waals surface area contributed by atoms with Crippen LogP contribution in [0.1, 0.15) is 22.8 Å². The summed E-state index contributed by atoms with van der Waals surface area (Å²) in [5.74, 6) is -0.780. The van der Waals surface area contributed by atoms with Crippen LogP contribution in [0.4, 0.5) is 17.1 Å². The minimum absolute atomic E-state index is 0.127. The van der Waals surface area contributed by atoms with Gasteiger partial charge in [-0.3, -0.25) is 4.79 Å². The van der Waals surface area contributed by atoms with E-state index in [1.165, 1.54) is 12.1 Å². The molecule has 1 amide bonds. The average molecular weight is 415 g/mol. The number of phenolic OH excluding ortho intramolecular Hbond substituents is 1. The third kappa shape index (κ3) is 4.45. The Morgan fingerprint density at radius 2 is 1.68 bits per heavy atom. The lowest BCUT2D eigenvalue weighted by molar-refractivity contribution is -0.126. The number of para-hydroxylation sites is 1. The molecular formula is C24H21N3O4. The summed E-state index contributed by atoms with van der Waals surface area (Å²) < 4.78 is 5.47. The van der Waals surface area contributed by atoms with Crippen LogP contribution in [-0.4, -0.2) is 29.6 Å². The van der Waals surface area contributed by atoms with Crippen LogP contribution < -0.4 is 4.90 Å². The SMILES string of the molecule is C[C@H](OC(=O)c1ccccc1N=Nc1ccc(O)cc1)C(=O)N1CCc2ccccc21. The summed E-state index contributed by atoms with van der Waals surface area (Å²) >= 11 is 0. The summed E-state index contributed by atoms with van der Waals surface area (Å²) in [4.78, 5) is 27.3. The highest BCUT2D eigenvalue weighted by Crippen LogP contribution is 2.29. The van der Waals surface area contributed by atoms with Gasteiger partial charge in [0.15, 0.2) is 6.10 Å². The van der Waals surface area contributed by atoms with Crippen molar-refractivity contribution in [1.82, 2.24) is 0 Å². The van der Waals surface area contributed by atoms with E-state index in [0.717, 1.165) is 17.7 Å². The van der Waals surface area contributed by atoms with E-state index in [4.69, 9.17) is 4.74 Å². The van der Waals surface area contributed by atoms with E-state index in [0.29, 0.717) is 17.9 Å². The minimum Gasteiger partial charge on any atom is -0.508 e. The number of hydrogen-bond acceptors (Lipinski definition) is 6. The average Bonchev–Trinajstić information content (AvgIpc) is 3.22. The van der Waals surface area contributed by atoms with Crippen molar-refractivity contribution < 1.29 is 19.4 Å². The number of carbonyl (C=O) groups excluding carboxylic acids is 2. The van der Waals surface area contributed by atoms with Crippen LogP contribution in [0.2, 0.25) is 0 Å². The molecule has 1 N–H and O–H groups in total. The molecule has 0 saturated heterocycles. The smallest absolute Gasteiger partial charge is 0.341 e. The molecule has 1 aliphatic heterocycles. The Kier molecular flexibility index (Phi) is 5.75. The van der Waals surface area contributed by atoms with Gasteiger partial charge in [-0.2, -0.15) is 5.11 Å². The van der Waals surface area contributed by atoms with Gasteiger partial charge in [-0.05, 0) is 61.4 Å². The first-order valence-corrected chi connectivity index (χ1v) is 9.93. The number of fused-ring (bicyclic) bond motifs is 1. The first-order chi connectivity index (χ1) is 15.0. The number of carbonyl (C=O) groups is 2. The summed E-state index contributed by atoms with van der Waals surface area (Å²) in [6.45, 7) is 2.14. The number of azo groups is 1. The quantitative estimate of drug-likeness (QED) is 0.472. The van der Waals surface area contributed by atoms with Crippen molar-refractivity contribution in [2.24, 2.45) is 10.2 Å². The number of anilines is 1. The highest BCUT2D eigenvalue weighted by atomic mass is 16.5. The normalized spacial score (nSPS) is 13.8. The van der Waals surface area contributed by atoms with Crippen molar-refractivity contribution in [3.63, 3.8) is 0 Å². The van der Waals surface area contributed by atoms with Crippen molar-refractivity contribution in [2.45, 2.75) is 19.4 Å². The van der Waals surface area contributed by atoms with E-state index in [9.17, 15) is 14.7 Å². The zero-order valence-corrected chi connectivity index (χ0v) is 16.9. The van der Waals surface area contributed by atoms with Crippen LogP contribution in [0.5, 0.6) is 5.75 Å². The molecule has 3 aromatic carbocycles. The number of aromatic hydroxyl groups is 1. The zero-order valence-electron chi connectivity index (χ0n) is 16.9. The number of hydrogen-bond donors (Lipinski definition) is 1. The first-order valence-electron chi connectivity index (χ1n) is 9.93. The monoisotopic (exact) mass is 415 g/mol. The molecule has 7 nitrogen and oxygen atoms in total. The number of nitrogens with zero attached hydrogens (tertiary/aromatic N) is 3. The van der Waals surface area contributed by atoms with Gasteiger partial charge in [-0.1, -0.05) is 30.3 Å². The lowest BCUT2D eigenvalue weighted by atomic mass is 10.2. The Hall–Kier alpha value is -4.00. The number of esters is 1. The number of rotatable bonds is 5. The molecule has 1 heterocycles. The summed E-state index contributed by atoms with van der Waals surface area (Å²) in [6, 6.07) is 20.6. The second-order valence-corrected chi connectivity index (χ2v) is 7.15. The van der Waals surface area contributed by atoms with E-state index in [1.54, 1.807) is 48.2 Å². The molecular weight excluding hydrogens is 394 g/mol. The van der Waals surface area contributed by atoms with Crippen LogP contribution in [0.3, 0.4) is 0 Å². The van der Waals surface area contributed by atoms with E-state index in [2.05, 4.69) is 10.2 Å². The Morgan fingerprint density at radius 1 is 0.968 bits per heavy atom. The fraction of sp³-hybridized carbons (Fsp3) is 0.167. The maximum Gasteiger partial charge on any atom is 0.341 e. The van der Waals surface area contributed by atoms with Crippen LogP contribution in [0.25, 0.3) is 0 Å². The largest absolute Gasteiger partial charge is 0.508 e. The van der Waals surface area contributed by atoms with Gasteiger partial charge in [0.05, 0.1) is 11.3 Å². The van der Waals surface area contributed by atoms with Gasteiger partial charge >= 0.3 is 5.97 Å². The van der Waals surface area contributed by atoms with Gasteiger partial charge < -0.3 is 14.7 Å². The lowest BCUT2D eigenvalue weighted by Gasteiger charge is -2.21. The standard InChI is InChI=1S/C24H21N3O4/c1-16(23(29)27-15-14-17-6-2-5-9-22(17)27)31-24(30)20-7-3-4-8-21(20)26-25-18-10-12-19(28)13-11-18/h2-13,16,28H,14-15H2,1H3/t16-/m0/s1. The van der Waals surface area contributed by atoms with Crippen LogP contribution >= 0.6 is 0 Å². The molecule has 31 heavy (non-hydrogen) atoms. The van der Waals surface area contributed by atoms with E-state index in [1.807, 2.05) is 24.3 Å². The summed E-state index contributed by atoms with van der Waals surface area (Å²) in [7, 11) is 0. The second kappa shape index (κ2) is 8.79. The molecule has 0 radical (unpaired) electrons. The van der Waals surface area contributed by atoms with Crippen molar-refractivity contribution in [1.29, 1.82) is 0 Å². The molecule has 1 atom stereocenters. The van der Waals surface area contributed by atoms with E-state index >= 15 is 0 Å². The van der Waals surface area contributed by atoms with Crippen molar-refractivity contribution in [2.75, 3.05) is 11.4 Å². The fourth-order valence-corrected chi connectivity index (χ4v) is 3.43. The predicted molar refractivity (Wildman–Crippen MR) is 116 cm³/mol. The molecule has 0 fully saturated rings. The van der Waals surface area contributed by atoms with Crippen molar-refractivity contribution >= 4 is 28.9 Å². The van der Waals surface area contributed by atoms with Crippen molar-refractivity contribution in [3.05, 3.63) is 83.9 Å². The molecule has 7 heteroatoms. The fourth-order valence-electron chi connectivity index (χ4n) is 3.43. The lowest BCUT2D eigenvalue weighted by Crippen LogP contribution is -2.39. The minimum atomic E-state index is -0.944. The maximum absolute atomic E-state index is 12.9.